The zero-order chi connectivity index (χ0) is 17.3. The van der Waals surface area contributed by atoms with Gasteiger partial charge in [-0.15, -0.1) is 5.10 Å². The smallest absolute Gasteiger partial charge is 0.210 e. The van der Waals surface area contributed by atoms with E-state index < -0.39 is 0 Å². The van der Waals surface area contributed by atoms with E-state index in [9.17, 15) is 0 Å². The van der Waals surface area contributed by atoms with Crippen molar-refractivity contribution in [3.63, 3.8) is 0 Å². The lowest BCUT2D eigenvalue weighted by atomic mass is 9.99. The predicted octanol–water partition coefficient (Wildman–Crippen LogP) is -0.149. The Morgan fingerprint density at radius 2 is 1.67 bits per heavy atom. The molecule has 2 N–H and O–H groups in total. The van der Waals surface area contributed by atoms with E-state index in [1.54, 1.807) is 4.90 Å². The summed E-state index contributed by atoms with van der Waals surface area (Å²) in [5.74, 6) is 1.61. The van der Waals surface area contributed by atoms with Crippen molar-refractivity contribution in [3.05, 3.63) is 5.82 Å². The van der Waals surface area contributed by atoms with Gasteiger partial charge in [0, 0.05) is 5.92 Å². The molecule has 0 radical (unpaired) electrons. The van der Waals surface area contributed by atoms with Crippen molar-refractivity contribution in [2.45, 2.75) is 77.9 Å². The van der Waals surface area contributed by atoms with E-state index in [4.69, 9.17) is 0 Å². The number of nitrogens with zero attached hydrogens (tertiary/aromatic N) is 4. The minimum Gasteiger partial charge on any atom is -0.323 e. The van der Waals surface area contributed by atoms with Crippen LogP contribution in [-0.2, 0) is 5.54 Å². The van der Waals surface area contributed by atoms with Crippen LogP contribution in [0.4, 0.5) is 0 Å². The quantitative estimate of drug-likeness (QED) is 0.804. The number of nitrogens with one attached hydrogen (secondary N) is 2. The van der Waals surface area contributed by atoms with Crippen molar-refractivity contribution in [1.29, 1.82) is 0 Å². The maximum Gasteiger partial charge on any atom is 0.210 e. The average molecular weight is 337 g/mol. The second-order valence-electron chi connectivity index (χ2n) is 9.14. The van der Waals surface area contributed by atoms with Gasteiger partial charge in [0.25, 0.3) is 0 Å². The molecular weight excluding hydrogens is 300 g/mol. The summed E-state index contributed by atoms with van der Waals surface area (Å²) >= 11 is 0. The molecule has 24 heavy (non-hydrogen) atoms. The number of piperazine rings is 1. The Morgan fingerprint density at radius 3 is 2.21 bits per heavy atom. The van der Waals surface area contributed by atoms with Crippen LogP contribution < -0.4 is 9.80 Å². The minimum absolute atomic E-state index is 0.0671. The molecule has 0 bridgehead atoms. The SMILES string of the molecule is CC(C)[C@@H](c1nnnn1C(C)(C)C)[NH+]1CC[NH+](C2CCCC2)CC1. The molecule has 0 amide bonds. The van der Waals surface area contributed by atoms with E-state index in [1.807, 2.05) is 9.58 Å². The first-order valence-electron chi connectivity index (χ1n) is 9.86. The summed E-state index contributed by atoms with van der Waals surface area (Å²) in [6.07, 6.45) is 5.78. The molecule has 6 heteroatoms. The molecule has 0 aromatic carbocycles. The van der Waals surface area contributed by atoms with Crippen LogP contribution in [0.2, 0.25) is 0 Å². The summed E-state index contributed by atoms with van der Waals surface area (Å²) in [5, 5.41) is 12.8. The topological polar surface area (TPSA) is 52.5 Å². The molecule has 0 spiro atoms. The van der Waals surface area contributed by atoms with Crippen molar-refractivity contribution < 1.29 is 9.80 Å². The molecule has 2 heterocycles. The number of hydrogen-bond donors (Lipinski definition) is 2. The Hall–Kier alpha value is -1.01. The number of aromatic nitrogens is 4. The Kier molecular flexibility index (Phi) is 5.25. The van der Waals surface area contributed by atoms with Crippen molar-refractivity contribution in [2.75, 3.05) is 26.2 Å². The van der Waals surface area contributed by atoms with Gasteiger partial charge in [0.1, 0.15) is 26.2 Å². The van der Waals surface area contributed by atoms with Crippen LogP contribution in [0.25, 0.3) is 0 Å². The fourth-order valence-corrected chi connectivity index (χ4v) is 4.76. The molecule has 136 valence electrons. The molecule has 1 aromatic heterocycles. The van der Waals surface area contributed by atoms with E-state index in [2.05, 4.69) is 50.1 Å². The number of tetrazole rings is 1. The van der Waals surface area contributed by atoms with Crippen molar-refractivity contribution in [2.24, 2.45) is 5.92 Å². The lowest BCUT2D eigenvalue weighted by molar-refractivity contribution is -1.04. The predicted molar refractivity (Wildman–Crippen MR) is 94.0 cm³/mol. The molecule has 2 aliphatic rings. The van der Waals surface area contributed by atoms with Crippen LogP contribution in [-0.4, -0.2) is 52.4 Å². The lowest BCUT2D eigenvalue weighted by Crippen LogP contribution is -3.29. The lowest BCUT2D eigenvalue weighted by Gasteiger charge is -2.38. The fourth-order valence-electron chi connectivity index (χ4n) is 4.76. The molecule has 1 aliphatic heterocycles. The molecule has 1 saturated heterocycles. The van der Waals surface area contributed by atoms with E-state index in [1.165, 1.54) is 51.9 Å². The molecule has 1 atom stereocenters. The van der Waals surface area contributed by atoms with Crippen molar-refractivity contribution in [1.82, 2.24) is 20.2 Å². The van der Waals surface area contributed by atoms with Gasteiger partial charge in [-0.3, -0.25) is 0 Å². The number of rotatable bonds is 4. The fraction of sp³-hybridized carbons (Fsp3) is 0.944. The van der Waals surface area contributed by atoms with Gasteiger partial charge in [0.05, 0.1) is 11.6 Å². The van der Waals surface area contributed by atoms with Crippen LogP contribution in [0.3, 0.4) is 0 Å². The molecular formula is C18H36N6+2. The van der Waals surface area contributed by atoms with Gasteiger partial charge in [0.15, 0.2) is 6.04 Å². The molecule has 1 aliphatic carbocycles. The van der Waals surface area contributed by atoms with E-state index >= 15 is 0 Å². The van der Waals surface area contributed by atoms with Gasteiger partial charge < -0.3 is 9.80 Å². The molecule has 1 saturated carbocycles. The van der Waals surface area contributed by atoms with Gasteiger partial charge in [-0.05, 0) is 56.9 Å². The third-order valence-electron chi connectivity index (χ3n) is 5.98. The van der Waals surface area contributed by atoms with Gasteiger partial charge >= 0.3 is 0 Å². The molecule has 6 nitrogen and oxygen atoms in total. The van der Waals surface area contributed by atoms with Crippen LogP contribution >= 0.6 is 0 Å². The highest BCUT2D eigenvalue weighted by Gasteiger charge is 2.39. The third kappa shape index (κ3) is 3.64. The summed E-state index contributed by atoms with van der Waals surface area (Å²) in [4.78, 5) is 3.53. The highest BCUT2D eigenvalue weighted by molar-refractivity contribution is 4.93. The standard InChI is InChI=1S/C18H34N6/c1-14(2)16(17-19-20-21-24(17)18(3,4)5)23-12-10-22(11-13-23)15-8-6-7-9-15/h14-16H,6-13H2,1-5H3/p+2/t16-/m0/s1. The molecule has 2 fully saturated rings. The third-order valence-corrected chi connectivity index (χ3v) is 5.98. The number of hydrogen-bond acceptors (Lipinski definition) is 3. The highest BCUT2D eigenvalue weighted by atomic mass is 15.6. The maximum atomic E-state index is 4.45. The zero-order valence-electron chi connectivity index (χ0n) is 16.2. The largest absolute Gasteiger partial charge is 0.323 e. The van der Waals surface area contributed by atoms with Gasteiger partial charge in [0.2, 0.25) is 5.82 Å². The minimum atomic E-state index is -0.0671. The summed E-state index contributed by atoms with van der Waals surface area (Å²) < 4.78 is 2.04. The van der Waals surface area contributed by atoms with E-state index in [-0.39, 0.29) is 5.54 Å². The Balaban J connectivity index is 1.72. The highest BCUT2D eigenvalue weighted by Crippen LogP contribution is 2.21. The van der Waals surface area contributed by atoms with Crippen molar-refractivity contribution in [3.8, 4) is 0 Å². The monoisotopic (exact) mass is 336 g/mol. The first-order valence-corrected chi connectivity index (χ1v) is 9.86. The van der Waals surface area contributed by atoms with Crippen LogP contribution in [0.5, 0.6) is 0 Å². The first-order chi connectivity index (χ1) is 11.4. The second kappa shape index (κ2) is 7.08. The zero-order valence-corrected chi connectivity index (χ0v) is 16.2. The van der Waals surface area contributed by atoms with Gasteiger partial charge in [-0.2, -0.15) is 0 Å². The molecule has 0 unspecified atom stereocenters. The normalized spacial score (nSPS) is 27.8. The summed E-state index contributed by atoms with van der Waals surface area (Å²) in [6, 6.07) is 1.33. The maximum absolute atomic E-state index is 4.45. The van der Waals surface area contributed by atoms with Crippen molar-refractivity contribution >= 4 is 0 Å². The molecule has 3 rings (SSSR count). The Morgan fingerprint density at radius 1 is 1.04 bits per heavy atom. The summed E-state index contributed by atoms with van der Waals surface area (Å²) in [5.41, 5.74) is -0.0671. The Bertz CT molecular complexity index is 518. The van der Waals surface area contributed by atoms with Gasteiger partial charge in [-0.25, -0.2) is 4.68 Å². The average Bonchev–Trinajstić information content (AvgIpc) is 3.18. The summed E-state index contributed by atoms with van der Waals surface area (Å²) in [6.45, 7) is 16.3. The molecule has 1 aromatic rings. The first kappa shape index (κ1) is 17.8. The van der Waals surface area contributed by atoms with Gasteiger partial charge in [-0.1, -0.05) is 13.8 Å². The van der Waals surface area contributed by atoms with Crippen LogP contribution in [0, 0.1) is 5.92 Å². The summed E-state index contributed by atoms with van der Waals surface area (Å²) in [7, 11) is 0. The van der Waals surface area contributed by atoms with E-state index in [0.29, 0.717) is 12.0 Å². The van der Waals surface area contributed by atoms with E-state index in [0.717, 1.165) is 11.9 Å². The van der Waals surface area contributed by atoms with Crippen LogP contribution in [0.1, 0.15) is 72.2 Å². The number of quaternary nitrogens is 2. The van der Waals surface area contributed by atoms with Crippen LogP contribution in [0.15, 0.2) is 0 Å². The Labute approximate surface area is 146 Å². The second-order valence-corrected chi connectivity index (χ2v) is 9.14.